The van der Waals surface area contributed by atoms with Gasteiger partial charge in [0.25, 0.3) is 0 Å². The Kier molecular flexibility index (Phi) is 5.28. The van der Waals surface area contributed by atoms with Gasteiger partial charge in [0.2, 0.25) is 0 Å². The maximum Gasteiger partial charge on any atom is 0.187 e. The summed E-state index contributed by atoms with van der Waals surface area (Å²) in [7, 11) is -2.02. The van der Waals surface area contributed by atoms with Gasteiger partial charge in [-0.05, 0) is 43.4 Å². The zero-order valence-electron chi connectivity index (χ0n) is 12.3. The van der Waals surface area contributed by atoms with Crippen LogP contribution in [0.25, 0.3) is 0 Å². The lowest BCUT2D eigenvalue weighted by atomic mass is 10.1. The SMILES string of the molecule is C[Si](C)(C)OC(c1cc(F)cc(F)c1)c1cc(S(=O)O)cs1. The highest BCUT2D eigenvalue weighted by Gasteiger charge is 2.26. The minimum Gasteiger partial charge on any atom is -0.406 e. The zero-order valence-corrected chi connectivity index (χ0v) is 14.9. The number of hydrogen-bond donors (Lipinski definition) is 1. The predicted octanol–water partition coefficient (Wildman–Crippen LogP) is 4.55. The normalized spacial score (nSPS) is 14.8. The molecule has 1 aromatic heterocycles. The van der Waals surface area contributed by atoms with Crippen molar-refractivity contribution in [2.75, 3.05) is 0 Å². The first-order valence-electron chi connectivity index (χ1n) is 6.49. The summed E-state index contributed by atoms with van der Waals surface area (Å²) < 4.78 is 53.3. The van der Waals surface area contributed by atoms with Crippen LogP contribution in [0.5, 0.6) is 0 Å². The third kappa shape index (κ3) is 4.53. The molecule has 0 bridgehead atoms. The van der Waals surface area contributed by atoms with Gasteiger partial charge in [0.1, 0.15) is 17.7 Å². The molecule has 1 heterocycles. The van der Waals surface area contributed by atoms with Crippen LogP contribution in [0.1, 0.15) is 16.5 Å². The van der Waals surface area contributed by atoms with Gasteiger partial charge in [0.15, 0.2) is 19.4 Å². The number of thiophene rings is 1. The topological polar surface area (TPSA) is 46.5 Å². The maximum atomic E-state index is 13.5. The lowest BCUT2D eigenvalue weighted by Crippen LogP contribution is -2.28. The molecule has 0 aliphatic heterocycles. The van der Waals surface area contributed by atoms with E-state index in [0.29, 0.717) is 10.4 Å². The van der Waals surface area contributed by atoms with Crippen LogP contribution >= 0.6 is 11.3 Å². The van der Waals surface area contributed by atoms with Gasteiger partial charge in [-0.3, -0.25) is 0 Å². The fourth-order valence-corrected chi connectivity index (χ4v) is 4.59. The van der Waals surface area contributed by atoms with Crippen molar-refractivity contribution in [3.63, 3.8) is 0 Å². The maximum absolute atomic E-state index is 13.5. The number of halogens is 2. The molecule has 1 N–H and O–H groups in total. The average molecular weight is 362 g/mol. The monoisotopic (exact) mass is 362 g/mol. The first-order chi connectivity index (χ1) is 10.2. The van der Waals surface area contributed by atoms with E-state index in [0.717, 1.165) is 6.07 Å². The molecule has 2 unspecified atom stereocenters. The Labute approximate surface area is 135 Å². The van der Waals surface area contributed by atoms with E-state index in [1.165, 1.54) is 29.5 Å². The molecule has 3 nitrogen and oxygen atoms in total. The molecule has 22 heavy (non-hydrogen) atoms. The second-order valence-corrected chi connectivity index (χ2v) is 12.1. The van der Waals surface area contributed by atoms with Crippen molar-refractivity contribution >= 4 is 30.7 Å². The van der Waals surface area contributed by atoms with Gasteiger partial charge in [-0.2, -0.15) is 0 Å². The Hall–Kier alpha value is -0.933. The van der Waals surface area contributed by atoms with E-state index in [1.54, 1.807) is 5.38 Å². The van der Waals surface area contributed by atoms with E-state index in [1.807, 2.05) is 19.6 Å². The number of hydrogen-bond acceptors (Lipinski definition) is 3. The summed E-state index contributed by atoms with van der Waals surface area (Å²) in [5, 5.41) is 1.54. The smallest absolute Gasteiger partial charge is 0.187 e. The Morgan fingerprint density at radius 3 is 2.23 bits per heavy atom. The van der Waals surface area contributed by atoms with Crippen LogP contribution in [-0.4, -0.2) is 17.1 Å². The zero-order chi connectivity index (χ0) is 16.5. The summed E-state index contributed by atoms with van der Waals surface area (Å²) in [5.74, 6) is -1.36. The second-order valence-electron chi connectivity index (χ2n) is 5.75. The Morgan fingerprint density at radius 2 is 1.77 bits per heavy atom. The highest BCUT2D eigenvalue weighted by Crippen LogP contribution is 2.34. The Balaban J connectivity index is 2.47. The van der Waals surface area contributed by atoms with Crippen molar-refractivity contribution in [1.29, 1.82) is 0 Å². The molecule has 2 aromatic rings. The molecule has 0 saturated heterocycles. The fourth-order valence-electron chi connectivity index (χ4n) is 1.93. The molecular formula is C14H16F2O3S2Si. The van der Waals surface area contributed by atoms with Crippen molar-refractivity contribution in [1.82, 2.24) is 0 Å². The summed E-state index contributed by atoms with van der Waals surface area (Å²) in [5.41, 5.74) is 0.358. The van der Waals surface area contributed by atoms with E-state index in [-0.39, 0.29) is 4.90 Å². The lowest BCUT2D eigenvalue weighted by Gasteiger charge is -2.26. The fraction of sp³-hybridized carbons (Fsp3) is 0.286. The molecule has 1 aromatic carbocycles. The van der Waals surface area contributed by atoms with Crippen molar-refractivity contribution < 1.29 is 22.0 Å². The minimum absolute atomic E-state index is 0.251. The summed E-state index contributed by atoms with van der Waals surface area (Å²) in [6.45, 7) is 5.90. The lowest BCUT2D eigenvalue weighted by molar-refractivity contribution is 0.242. The van der Waals surface area contributed by atoms with E-state index < -0.39 is 37.1 Å². The van der Waals surface area contributed by atoms with E-state index in [9.17, 15) is 13.0 Å². The van der Waals surface area contributed by atoms with Gasteiger partial charge in [-0.15, -0.1) is 11.3 Å². The molecule has 0 fully saturated rings. The highest BCUT2D eigenvalue weighted by molar-refractivity contribution is 7.79. The minimum atomic E-state index is -2.09. The van der Waals surface area contributed by atoms with Gasteiger partial charge in [0, 0.05) is 16.3 Å². The number of rotatable bonds is 5. The molecule has 0 aliphatic carbocycles. The quantitative estimate of drug-likeness (QED) is 0.627. The molecular weight excluding hydrogens is 346 g/mol. The van der Waals surface area contributed by atoms with Crippen LogP contribution in [0.3, 0.4) is 0 Å². The molecule has 120 valence electrons. The third-order valence-corrected chi connectivity index (χ3v) is 5.42. The standard InChI is InChI=1S/C14H16F2O3S2Si/c1-22(2,3)19-14(9-4-10(15)6-11(16)5-9)13-7-12(8-20-13)21(17)18/h4-8,14H,1-3H3,(H,17,18). The average Bonchev–Trinajstić information content (AvgIpc) is 2.83. The van der Waals surface area contributed by atoms with Crippen LogP contribution in [0.4, 0.5) is 8.78 Å². The molecule has 2 rings (SSSR count). The van der Waals surface area contributed by atoms with E-state index in [4.69, 9.17) is 8.98 Å². The van der Waals surface area contributed by atoms with Gasteiger partial charge in [-0.1, -0.05) is 0 Å². The largest absolute Gasteiger partial charge is 0.406 e. The molecule has 0 aliphatic rings. The third-order valence-electron chi connectivity index (χ3n) is 2.71. The van der Waals surface area contributed by atoms with Gasteiger partial charge in [-0.25, -0.2) is 13.0 Å². The van der Waals surface area contributed by atoms with E-state index in [2.05, 4.69) is 0 Å². The molecule has 8 heteroatoms. The Morgan fingerprint density at radius 1 is 1.18 bits per heavy atom. The first kappa shape index (κ1) is 17.4. The summed E-state index contributed by atoms with van der Waals surface area (Å²) >= 11 is -0.862. The van der Waals surface area contributed by atoms with Crippen molar-refractivity contribution in [3.05, 3.63) is 51.7 Å². The molecule has 0 spiro atoms. The van der Waals surface area contributed by atoms with Crippen LogP contribution in [0, 0.1) is 11.6 Å². The van der Waals surface area contributed by atoms with E-state index >= 15 is 0 Å². The summed E-state index contributed by atoms with van der Waals surface area (Å²) in [6, 6.07) is 4.79. The van der Waals surface area contributed by atoms with Crippen molar-refractivity contribution in [3.8, 4) is 0 Å². The van der Waals surface area contributed by atoms with Crippen LogP contribution in [0.15, 0.2) is 34.5 Å². The second kappa shape index (κ2) is 6.67. The van der Waals surface area contributed by atoms with Gasteiger partial charge >= 0.3 is 0 Å². The number of benzene rings is 1. The van der Waals surface area contributed by atoms with Crippen LogP contribution in [-0.2, 0) is 15.5 Å². The predicted molar refractivity (Wildman–Crippen MR) is 86.0 cm³/mol. The molecule has 2 atom stereocenters. The van der Waals surface area contributed by atoms with Crippen LogP contribution in [0.2, 0.25) is 19.6 Å². The molecule has 0 saturated carbocycles. The van der Waals surface area contributed by atoms with Crippen molar-refractivity contribution in [2.24, 2.45) is 0 Å². The van der Waals surface area contributed by atoms with Crippen LogP contribution < -0.4 is 0 Å². The van der Waals surface area contributed by atoms with Crippen molar-refractivity contribution in [2.45, 2.75) is 30.6 Å². The first-order valence-corrected chi connectivity index (χ1v) is 11.9. The molecule has 0 amide bonds. The molecule has 0 radical (unpaired) electrons. The Bertz CT molecular complexity index is 677. The summed E-state index contributed by atoms with van der Waals surface area (Å²) in [4.78, 5) is 0.894. The summed E-state index contributed by atoms with van der Waals surface area (Å²) in [6.07, 6.45) is -0.654. The van der Waals surface area contributed by atoms with Gasteiger partial charge in [0.05, 0.1) is 4.90 Å². The highest BCUT2D eigenvalue weighted by atomic mass is 32.2. The van der Waals surface area contributed by atoms with Gasteiger partial charge < -0.3 is 8.98 Å².